The molecule has 0 aliphatic heterocycles. The van der Waals surface area contributed by atoms with Crippen molar-refractivity contribution in [2.75, 3.05) is 6.61 Å². The second kappa shape index (κ2) is 10.5. The van der Waals surface area contributed by atoms with Gasteiger partial charge in [-0.15, -0.1) is 0 Å². The summed E-state index contributed by atoms with van der Waals surface area (Å²) in [6.07, 6.45) is 26.3. The van der Waals surface area contributed by atoms with Crippen molar-refractivity contribution in [3.8, 4) is 0 Å². The summed E-state index contributed by atoms with van der Waals surface area (Å²) in [5.74, 6) is 5.72. The Kier molecular flexibility index (Phi) is 7.91. The van der Waals surface area contributed by atoms with Crippen molar-refractivity contribution in [1.29, 1.82) is 0 Å². The minimum absolute atomic E-state index is 0.0870. The van der Waals surface area contributed by atoms with Gasteiger partial charge in [-0.25, -0.2) is 0 Å². The van der Waals surface area contributed by atoms with Crippen LogP contribution in [-0.2, 0) is 4.79 Å². The summed E-state index contributed by atoms with van der Waals surface area (Å²) in [6, 6.07) is 0. The van der Waals surface area contributed by atoms with Gasteiger partial charge >= 0.3 is 0 Å². The fourth-order valence-corrected chi connectivity index (χ4v) is 12.0. The molecule has 0 amide bonds. The Hall–Kier alpha value is -0.890. The van der Waals surface area contributed by atoms with Gasteiger partial charge < -0.3 is 9.90 Å². The molecule has 0 radical (unpaired) electrons. The van der Waals surface area contributed by atoms with Gasteiger partial charge in [0.05, 0.1) is 0 Å². The summed E-state index contributed by atoms with van der Waals surface area (Å²) in [4.78, 5) is 12.2. The first kappa shape index (κ1) is 28.6. The monoisotopic (exact) mass is 522 g/mol. The van der Waals surface area contributed by atoms with Crippen LogP contribution in [0.25, 0.3) is 0 Å². The third-order valence-electron chi connectivity index (χ3n) is 13.9. The third-order valence-corrected chi connectivity index (χ3v) is 13.9. The number of fused-ring (bicyclic) bond motifs is 4. The fraction of sp³-hybridized carbons (Fsp3) is 0.861. The van der Waals surface area contributed by atoms with Gasteiger partial charge in [-0.3, -0.25) is 0 Å². The van der Waals surface area contributed by atoms with Crippen LogP contribution in [0.5, 0.6) is 0 Å². The van der Waals surface area contributed by atoms with E-state index in [-0.39, 0.29) is 10.8 Å². The number of allylic oxidation sites excluding steroid dienone is 4. The van der Waals surface area contributed by atoms with Crippen molar-refractivity contribution in [2.24, 2.45) is 69.0 Å². The van der Waals surface area contributed by atoms with Gasteiger partial charge in [0.1, 0.15) is 6.29 Å². The lowest BCUT2D eigenvalue weighted by Gasteiger charge is -2.52. The molecule has 6 aliphatic carbocycles. The van der Waals surface area contributed by atoms with Crippen LogP contribution < -0.4 is 0 Å². The van der Waals surface area contributed by atoms with Gasteiger partial charge in [0, 0.05) is 17.4 Å². The lowest BCUT2D eigenvalue weighted by molar-refractivity contribution is -0.129. The summed E-state index contributed by atoms with van der Waals surface area (Å²) in [5, 5.41) is 10.3. The molecule has 4 saturated carbocycles. The van der Waals surface area contributed by atoms with Gasteiger partial charge in [0.25, 0.3) is 0 Å². The lowest BCUT2D eigenvalue weighted by Crippen LogP contribution is -2.48. The van der Waals surface area contributed by atoms with Crippen LogP contribution in [0.4, 0.5) is 0 Å². The Morgan fingerprint density at radius 3 is 1.79 bits per heavy atom. The second-order valence-electron chi connectivity index (χ2n) is 16.0. The first-order valence-electron chi connectivity index (χ1n) is 16.4. The van der Waals surface area contributed by atoms with Gasteiger partial charge in [-0.05, 0) is 135 Å². The molecule has 2 heteroatoms. The van der Waals surface area contributed by atoms with Crippen LogP contribution in [0, 0.1) is 69.0 Å². The average Bonchev–Trinajstić information content (AvgIpc) is 3.60. The van der Waals surface area contributed by atoms with E-state index < -0.39 is 0 Å². The van der Waals surface area contributed by atoms with Crippen LogP contribution in [0.3, 0.4) is 0 Å². The largest absolute Gasteiger partial charge is 0.396 e. The summed E-state index contributed by atoms with van der Waals surface area (Å²) in [6.45, 7) is 14.9. The molecule has 0 aromatic carbocycles. The molecular weight excluding hydrogens is 464 g/mol. The van der Waals surface area contributed by atoms with E-state index in [4.69, 9.17) is 0 Å². The zero-order chi connectivity index (χ0) is 27.3. The molecule has 38 heavy (non-hydrogen) atoms. The van der Waals surface area contributed by atoms with Crippen molar-refractivity contribution in [1.82, 2.24) is 0 Å². The molecule has 1 N–H and O–H groups in total. The van der Waals surface area contributed by atoms with Crippen LogP contribution in [0.1, 0.15) is 119 Å². The Morgan fingerprint density at radius 2 is 1.29 bits per heavy atom. The van der Waals surface area contributed by atoms with E-state index in [0.29, 0.717) is 35.2 Å². The Morgan fingerprint density at radius 1 is 0.763 bits per heavy atom. The first-order chi connectivity index (χ1) is 18.0. The number of hydrogen-bond acceptors (Lipinski definition) is 2. The highest BCUT2D eigenvalue weighted by atomic mass is 16.3. The minimum atomic E-state index is -0.0870. The standard InChI is InChI=1S/C18H30O.C18H28O/c2*1-13-7-5-4-6-10-18(13,12-19)16-14-8-9-15(11-14)17(16,2)3/h5,7,13-16,19H,4,6,8-12H2,1-3H3;5,7,12-16H,4,6,8-11H2,1-3H3. The van der Waals surface area contributed by atoms with Crippen LogP contribution >= 0.6 is 0 Å². The van der Waals surface area contributed by atoms with Crippen LogP contribution in [-0.4, -0.2) is 18.0 Å². The summed E-state index contributed by atoms with van der Waals surface area (Å²) < 4.78 is 0. The predicted octanol–water partition coefficient (Wildman–Crippen LogP) is 9.03. The highest BCUT2D eigenvalue weighted by molar-refractivity contribution is 5.62. The topological polar surface area (TPSA) is 37.3 Å². The molecule has 2 nitrogen and oxygen atoms in total. The van der Waals surface area contributed by atoms with Crippen molar-refractivity contribution < 1.29 is 9.90 Å². The number of aliphatic hydroxyl groups is 1. The Bertz CT molecular complexity index is 912. The number of carbonyl (C=O) groups is 1. The lowest BCUT2D eigenvalue weighted by atomic mass is 9.53. The fourth-order valence-electron chi connectivity index (χ4n) is 12.0. The normalized spacial score (nSPS) is 48.3. The second-order valence-corrected chi connectivity index (χ2v) is 16.0. The molecule has 0 spiro atoms. The van der Waals surface area contributed by atoms with Crippen molar-refractivity contribution in [3.63, 3.8) is 0 Å². The van der Waals surface area contributed by atoms with E-state index in [1.165, 1.54) is 70.5 Å². The molecule has 4 bridgehead atoms. The van der Waals surface area contributed by atoms with Crippen molar-refractivity contribution >= 4 is 6.29 Å². The van der Waals surface area contributed by atoms with Gasteiger partial charge in [0.2, 0.25) is 0 Å². The van der Waals surface area contributed by atoms with Gasteiger partial charge in [-0.2, -0.15) is 0 Å². The van der Waals surface area contributed by atoms with Crippen molar-refractivity contribution in [3.05, 3.63) is 24.3 Å². The van der Waals surface area contributed by atoms with E-state index in [0.717, 1.165) is 42.4 Å². The van der Waals surface area contributed by atoms with Crippen LogP contribution in [0.15, 0.2) is 24.3 Å². The van der Waals surface area contributed by atoms with Crippen LogP contribution in [0.2, 0.25) is 0 Å². The molecule has 0 heterocycles. The van der Waals surface area contributed by atoms with E-state index in [1.54, 1.807) is 0 Å². The van der Waals surface area contributed by atoms with E-state index in [1.807, 2.05) is 0 Å². The number of carbonyl (C=O) groups excluding carboxylic acids is 1. The molecule has 0 aromatic heterocycles. The zero-order valence-corrected chi connectivity index (χ0v) is 25.6. The highest BCUT2D eigenvalue weighted by Gasteiger charge is 2.62. The average molecular weight is 523 g/mol. The maximum absolute atomic E-state index is 12.2. The maximum atomic E-state index is 12.2. The predicted molar refractivity (Wildman–Crippen MR) is 159 cm³/mol. The Labute approximate surface area is 234 Å². The number of rotatable bonds is 4. The quantitative estimate of drug-likeness (QED) is 0.295. The maximum Gasteiger partial charge on any atom is 0.127 e. The SMILES string of the molecule is CC1C=CCCCC1(C=O)C1C2CCC(C2)C1(C)C.CC1C=CCCCC1(CO)C1C2CCC(C2)C1(C)C. The third kappa shape index (κ3) is 4.33. The molecule has 4 fully saturated rings. The van der Waals surface area contributed by atoms with Crippen molar-refractivity contribution in [2.45, 2.75) is 119 Å². The number of hydrogen-bond donors (Lipinski definition) is 1. The van der Waals surface area contributed by atoms with Gasteiger partial charge in [0.15, 0.2) is 0 Å². The zero-order valence-electron chi connectivity index (χ0n) is 25.6. The molecule has 6 rings (SSSR count). The molecule has 0 aromatic rings. The number of aldehydes is 1. The highest BCUT2D eigenvalue weighted by Crippen LogP contribution is 2.68. The smallest absolute Gasteiger partial charge is 0.127 e. The van der Waals surface area contributed by atoms with E-state index in [2.05, 4.69) is 65.8 Å². The molecule has 214 valence electrons. The molecule has 0 saturated heterocycles. The summed E-state index contributed by atoms with van der Waals surface area (Å²) in [7, 11) is 0. The molecule has 10 unspecified atom stereocenters. The summed E-state index contributed by atoms with van der Waals surface area (Å²) >= 11 is 0. The molecule has 6 aliphatic rings. The van der Waals surface area contributed by atoms with Gasteiger partial charge in [-0.1, -0.05) is 65.8 Å². The Balaban J connectivity index is 0.000000155. The minimum Gasteiger partial charge on any atom is -0.396 e. The molecule has 10 atom stereocenters. The van der Waals surface area contributed by atoms with E-state index >= 15 is 0 Å². The molecular formula is C36H58O2. The summed E-state index contributed by atoms with van der Waals surface area (Å²) in [5.41, 5.74) is 0.848. The van der Waals surface area contributed by atoms with E-state index in [9.17, 15) is 9.90 Å². The number of aliphatic hydroxyl groups excluding tert-OH is 1. The first-order valence-corrected chi connectivity index (χ1v) is 16.4.